The van der Waals surface area contributed by atoms with Crippen LogP contribution in [0.1, 0.15) is 18.4 Å². The fraction of sp³-hybridized carbons (Fsp3) is 0.278. The lowest BCUT2D eigenvalue weighted by molar-refractivity contribution is -0.116. The summed E-state index contributed by atoms with van der Waals surface area (Å²) < 4.78 is 36.7. The molecule has 6 heteroatoms. The number of hydrogen-bond donors (Lipinski definition) is 1. The Morgan fingerprint density at radius 2 is 1.79 bits per heavy atom. The van der Waals surface area contributed by atoms with Gasteiger partial charge in [0.25, 0.3) is 0 Å². The average Bonchev–Trinajstić information content (AvgIpc) is 2.57. The number of hydrogen-bond acceptors (Lipinski definition) is 3. The summed E-state index contributed by atoms with van der Waals surface area (Å²) in [5, 5.41) is 2.44. The Kier molecular flexibility index (Phi) is 6.12. The van der Waals surface area contributed by atoms with Crippen molar-refractivity contribution in [2.24, 2.45) is 0 Å². The van der Waals surface area contributed by atoms with E-state index < -0.39 is 11.6 Å². The average molecular weight is 335 g/mol. The lowest BCUT2D eigenvalue weighted by Crippen LogP contribution is -2.12. The Morgan fingerprint density at radius 3 is 2.46 bits per heavy atom. The number of aryl methyl sites for hydroxylation is 1. The molecule has 0 spiro atoms. The van der Waals surface area contributed by atoms with Crippen molar-refractivity contribution in [3.05, 3.63) is 53.6 Å². The molecule has 0 atom stereocenters. The summed E-state index contributed by atoms with van der Waals surface area (Å²) in [6, 6.07) is 8.61. The summed E-state index contributed by atoms with van der Waals surface area (Å²) >= 11 is 0. The Bertz CT molecular complexity index is 719. The van der Waals surface area contributed by atoms with E-state index in [1.54, 1.807) is 14.2 Å². The monoisotopic (exact) mass is 335 g/mol. The molecule has 2 aromatic rings. The molecular weight excluding hydrogens is 316 g/mol. The fourth-order valence-corrected chi connectivity index (χ4v) is 2.29. The van der Waals surface area contributed by atoms with Gasteiger partial charge in [0.1, 0.15) is 11.6 Å². The summed E-state index contributed by atoms with van der Waals surface area (Å²) in [5.74, 6) is -0.512. The van der Waals surface area contributed by atoms with Crippen LogP contribution < -0.4 is 14.8 Å². The van der Waals surface area contributed by atoms with E-state index >= 15 is 0 Å². The van der Waals surface area contributed by atoms with Crippen LogP contribution in [-0.4, -0.2) is 20.1 Å². The van der Waals surface area contributed by atoms with E-state index in [9.17, 15) is 13.6 Å². The van der Waals surface area contributed by atoms with Gasteiger partial charge in [0.05, 0.1) is 19.9 Å². The minimum absolute atomic E-state index is 0.0208. The molecule has 0 unspecified atom stereocenters. The number of methoxy groups -OCH3 is 2. The summed E-state index contributed by atoms with van der Waals surface area (Å²) in [7, 11) is 3.13. The molecule has 4 nitrogen and oxygen atoms in total. The Morgan fingerprint density at radius 1 is 1.04 bits per heavy atom. The number of carbonyl (C=O) groups is 1. The molecular formula is C18H19F2NO3. The standard InChI is InChI=1S/C18H19F2NO3/c1-23-16-9-6-12(10-17(16)24-2)4-3-5-18(22)21-15-8-7-13(19)11-14(15)20/h6-11H,3-5H2,1-2H3,(H,21,22). The van der Waals surface area contributed by atoms with Gasteiger partial charge >= 0.3 is 0 Å². The van der Waals surface area contributed by atoms with Gasteiger partial charge in [-0.15, -0.1) is 0 Å². The molecule has 0 radical (unpaired) electrons. The van der Waals surface area contributed by atoms with Crippen LogP contribution in [0.5, 0.6) is 11.5 Å². The van der Waals surface area contributed by atoms with Gasteiger partial charge in [0.2, 0.25) is 5.91 Å². The van der Waals surface area contributed by atoms with Gasteiger partial charge in [-0.3, -0.25) is 4.79 Å². The molecule has 24 heavy (non-hydrogen) atoms. The quantitative estimate of drug-likeness (QED) is 0.833. The molecule has 0 aliphatic heterocycles. The van der Waals surface area contributed by atoms with Crippen molar-refractivity contribution in [2.45, 2.75) is 19.3 Å². The van der Waals surface area contributed by atoms with Crippen LogP contribution in [0, 0.1) is 11.6 Å². The van der Waals surface area contributed by atoms with Gasteiger partial charge in [-0.1, -0.05) is 6.07 Å². The third-order valence-electron chi connectivity index (χ3n) is 3.52. The predicted octanol–water partition coefficient (Wildman–Crippen LogP) is 3.94. The van der Waals surface area contributed by atoms with Crippen LogP contribution in [0.4, 0.5) is 14.5 Å². The molecule has 0 bridgehead atoms. The van der Waals surface area contributed by atoms with Crippen molar-refractivity contribution in [2.75, 3.05) is 19.5 Å². The van der Waals surface area contributed by atoms with Crippen molar-refractivity contribution in [3.63, 3.8) is 0 Å². The maximum Gasteiger partial charge on any atom is 0.224 e. The zero-order valence-corrected chi connectivity index (χ0v) is 13.6. The van der Waals surface area contributed by atoms with Crippen molar-refractivity contribution in [1.82, 2.24) is 0 Å². The summed E-state index contributed by atoms with van der Waals surface area (Å²) in [6.45, 7) is 0. The third kappa shape index (κ3) is 4.68. The number of anilines is 1. The lowest BCUT2D eigenvalue weighted by Gasteiger charge is -2.10. The van der Waals surface area contributed by atoms with Gasteiger partial charge in [-0.25, -0.2) is 8.78 Å². The summed E-state index contributed by atoms with van der Waals surface area (Å²) in [5.41, 5.74) is 0.987. The van der Waals surface area contributed by atoms with Gasteiger partial charge in [0.15, 0.2) is 11.5 Å². The molecule has 0 aliphatic rings. The van der Waals surface area contributed by atoms with Gasteiger partial charge < -0.3 is 14.8 Å². The van der Waals surface area contributed by atoms with Crippen molar-refractivity contribution in [1.29, 1.82) is 0 Å². The van der Waals surface area contributed by atoms with Crippen LogP contribution in [0.2, 0.25) is 0 Å². The third-order valence-corrected chi connectivity index (χ3v) is 3.52. The molecule has 128 valence electrons. The maximum absolute atomic E-state index is 13.5. The number of halogens is 2. The molecule has 2 rings (SSSR count). The number of amides is 1. The SMILES string of the molecule is COc1ccc(CCCC(=O)Nc2ccc(F)cc2F)cc1OC. The van der Waals surface area contributed by atoms with Crippen LogP contribution >= 0.6 is 0 Å². The lowest BCUT2D eigenvalue weighted by atomic mass is 10.1. The van der Waals surface area contributed by atoms with Crippen LogP contribution in [0.25, 0.3) is 0 Å². The molecule has 0 aromatic heterocycles. The molecule has 1 amide bonds. The second kappa shape index (κ2) is 8.29. The van der Waals surface area contributed by atoms with E-state index in [2.05, 4.69) is 5.32 Å². The largest absolute Gasteiger partial charge is 0.493 e. The first kappa shape index (κ1) is 17.7. The maximum atomic E-state index is 13.5. The first-order valence-electron chi connectivity index (χ1n) is 7.49. The van der Waals surface area contributed by atoms with E-state index in [0.29, 0.717) is 24.3 Å². The van der Waals surface area contributed by atoms with E-state index in [-0.39, 0.29) is 18.0 Å². The zero-order valence-electron chi connectivity index (χ0n) is 13.6. The van der Waals surface area contributed by atoms with Crippen LogP contribution in [0.15, 0.2) is 36.4 Å². The molecule has 0 saturated carbocycles. The predicted molar refractivity (Wildman–Crippen MR) is 87.5 cm³/mol. The second-order valence-corrected chi connectivity index (χ2v) is 5.22. The molecule has 2 aromatic carbocycles. The molecule has 0 aliphatic carbocycles. The Hall–Kier alpha value is -2.63. The summed E-state index contributed by atoms with van der Waals surface area (Å²) in [6.07, 6.45) is 1.48. The highest BCUT2D eigenvalue weighted by molar-refractivity contribution is 5.90. The first-order chi connectivity index (χ1) is 11.5. The van der Waals surface area contributed by atoms with Gasteiger partial charge in [0, 0.05) is 12.5 Å². The van der Waals surface area contributed by atoms with Gasteiger partial charge in [-0.2, -0.15) is 0 Å². The van der Waals surface area contributed by atoms with Gasteiger partial charge in [-0.05, 0) is 42.7 Å². The van der Waals surface area contributed by atoms with E-state index in [4.69, 9.17) is 9.47 Å². The highest BCUT2D eigenvalue weighted by atomic mass is 19.1. The number of rotatable bonds is 7. The van der Waals surface area contributed by atoms with Crippen LogP contribution in [0.3, 0.4) is 0 Å². The van der Waals surface area contributed by atoms with E-state index in [1.165, 1.54) is 6.07 Å². The first-order valence-corrected chi connectivity index (χ1v) is 7.49. The minimum atomic E-state index is -0.789. The van der Waals surface area contributed by atoms with E-state index in [1.807, 2.05) is 18.2 Å². The Labute approximate surface area is 139 Å². The fourth-order valence-electron chi connectivity index (χ4n) is 2.29. The van der Waals surface area contributed by atoms with Crippen molar-refractivity contribution < 1.29 is 23.0 Å². The molecule has 1 N–H and O–H groups in total. The van der Waals surface area contributed by atoms with Crippen molar-refractivity contribution >= 4 is 11.6 Å². The number of ether oxygens (including phenoxy) is 2. The second-order valence-electron chi connectivity index (χ2n) is 5.22. The van der Waals surface area contributed by atoms with E-state index in [0.717, 1.165) is 17.7 Å². The highest BCUT2D eigenvalue weighted by Gasteiger charge is 2.09. The minimum Gasteiger partial charge on any atom is -0.493 e. The number of carbonyl (C=O) groups excluding carboxylic acids is 1. The molecule has 0 fully saturated rings. The van der Waals surface area contributed by atoms with Crippen molar-refractivity contribution in [3.8, 4) is 11.5 Å². The zero-order chi connectivity index (χ0) is 17.5. The molecule has 0 saturated heterocycles. The normalized spacial score (nSPS) is 10.3. The van der Waals surface area contributed by atoms with Crippen LogP contribution in [-0.2, 0) is 11.2 Å². The Balaban J connectivity index is 1.86. The number of benzene rings is 2. The highest BCUT2D eigenvalue weighted by Crippen LogP contribution is 2.28. The number of nitrogens with one attached hydrogen (secondary N) is 1. The topological polar surface area (TPSA) is 47.6 Å². The molecule has 0 heterocycles. The summed E-state index contributed by atoms with van der Waals surface area (Å²) in [4.78, 5) is 11.8. The smallest absolute Gasteiger partial charge is 0.224 e.